The molecule has 0 atom stereocenters. The van der Waals surface area contributed by atoms with Crippen molar-refractivity contribution in [2.75, 3.05) is 27.2 Å². The Hall–Kier alpha value is -1.95. The summed E-state index contributed by atoms with van der Waals surface area (Å²) >= 11 is 0. The third kappa shape index (κ3) is 3.81. The summed E-state index contributed by atoms with van der Waals surface area (Å²) in [5, 5.41) is 2.58. The van der Waals surface area contributed by atoms with E-state index in [0.29, 0.717) is 13.1 Å². The summed E-state index contributed by atoms with van der Waals surface area (Å²) in [4.78, 5) is 24.4. The molecule has 0 aliphatic heterocycles. The highest BCUT2D eigenvalue weighted by Crippen LogP contribution is 2.10. The van der Waals surface area contributed by atoms with E-state index in [1.54, 1.807) is 0 Å². The average molecular weight is 253 g/mol. The molecule has 0 spiro atoms. The summed E-state index contributed by atoms with van der Waals surface area (Å²) in [6, 6.07) is 3.54. The molecule has 0 aliphatic carbocycles. The van der Waals surface area contributed by atoms with Gasteiger partial charge in [-0.25, -0.2) is 4.39 Å². The molecule has 3 N–H and O–H groups in total. The van der Waals surface area contributed by atoms with Crippen LogP contribution in [0.2, 0.25) is 0 Å². The third-order valence-corrected chi connectivity index (χ3v) is 2.34. The Bertz CT molecular complexity index is 461. The lowest BCUT2D eigenvalue weighted by atomic mass is 10.1. The van der Waals surface area contributed by atoms with Crippen molar-refractivity contribution in [1.29, 1.82) is 0 Å². The fourth-order valence-corrected chi connectivity index (χ4v) is 1.34. The number of nitrogens with zero attached hydrogens (tertiary/aromatic N) is 1. The highest BCUT2D eigenvalue weighted by Gasteiger charge is 2.13. The fraction of sp³-hybridized carbons (Fsp3) is 0.333. The third-order valence-electron chi connectivity index (χ3n) is 2.34. The summed E-state index contributed by atoms with van der Waals surface area (Å²) in [6.07, 6.45) is 0. The number of hydrogen-bond acceptors (Lipinski definition) is 3. The highest BCUT2D eigenvalue weighted by molar-refractivity contribution is 5.97. The van der Waals surface area contributed by atoms with Crippen LogP contribution in [0.1, 0.15) is 20.7 Å². The Balaban J connectivity index is 2.72. The van der Waals surface area contributed by atoms with Crippen molar-refractivity contribution in [3.05, 3.63) is 35.1 Å². The number of nitrogens with one attached hydrogen (secondary N) is 1. The summed E-state index contributed by atoms with van der Waals surface area (Å²) in [5.41, 5.74) is 4.95. The zero-order valence-electron chi connectivity index (χ0n) is 10.4. The minimum Gasteiger partial charge on any atom is -0.366 e. The molecular weight excluding hydrogens is 237 g/mol. The Morgan fingerprint density at radius 2 is 2.06 bits per heavy atom. The van der Waals surface area contributed by atoms with Crippen LogP contribution in [0.25, 0.3) is 0 Å². The van der Waals surface area contributed by atoms with Crippen LogP contribution in [0, 0.1) is 5.82 Å². The zero-order chi connectivity index (χ0) is 13.7. The van der Waals surface area contributed by atoms with Gasteiger partial charge < -0.3 is 16.0 Å². The first-order valence-corrected chi connectivity index (χ1v) is 5.44. The maximum atomic E-state index is 13.6. The number of hydrogen-bond donors (Lipinski definition) is 2. The van der Waals surface area contributed by atoms with Crippen molar-refractivity contribution in [1.82, 2.24) is 10.2 Å². The first kappa shape index (κ1) is 14.1. The van der Waals surface area contributed by atoms with Crippen LogP contribution < -0.4 is 11.1 Å². The van der Waals surface area contributed by atoms with Crippen LogP contribution in [0.4, 0.5) is 4.39 Å². The maximum absolute atomic E-state index is 13.6. The second kappa shape index (κ2) is 6.11. The molecule has 0 aliphatic rings. The Kier molecular flexibility index (Phi) is 4.79. The lowest BCUT2D eigenvalue weighted by molar-refractivity contribution is 0.0944. The van der Waals surface area contributed by atoms with Gasteiger partial charge in [-0.1, -0.05) is 0 Å². The molecule has 98 valence electrons. The van der Waals surface area contributed by atoms with Crippen LogP contribution in [0.15, 0.2) is 18.2 Å². The SMILES string of the molecule is CN(C)CCNC(=O)c1ccc(C(N)=O)cc1F. The number of carbonyl (C=O) groups is 2. The predicted molar refractivity (Wildman–Crippen MR) is 65.8 cm³/mol. The molecule has 0 heterocycles. The molecule has 0 unspecified atom stereocenters. The minimum atomic E-state index is -0.756. The van der Waals surface area contributed by atoms with E-state index in [-0.39, 0.29) is 11.1 Å². The molecule has 2 amide bonds. The summed E-state index contributed by atoms with van der Waals surface area (Å²) in [7, 11) is 3.74. The van der Waals surface area contributed by atoms with E-state index in [2.05, 4.69) is 5.32 Å². The van der Waals surface area contributed by atoms with Gasteiger partial charge in [0.15, 0.2) is 0 Å². The Morgan fingerprint density at radius 1 is 1.39 bits per heavy atom. The second-order valence-corrected chi connectivity index (χ2v) is 4.12. The first-order chi connectivity index (χ1) is 8.41. The number of likely N-dealkylation sites (N-methyl/N-ethyl adjacent to an activating group) is 1. The first-order valence-electron chi connectivity index (χ1n) is 5.44. The van der Waals surface area contributed by atoms with Gasteiger partial charge in [0, 0.05) is 18.7 Å². The maximum Gasteiger partial charge on any atom is 0.254 e. The number of nitrogens with two attached hydrogens (primary N) is 1. The molecule has 0 saturated heterocycles. The summed E-state index contributed by atoms with van der Waals surface area (Å²) < 4.78 is 13.6. The number of halogens is 1. The van der Waals surface area contributed by atoms with Crippen molar-refractivity contribution in [2.45, 2.75) is 0 Å². The van der Waals surface area contributed by atoms with Gasteiger partial charge in [0.2, 0.25) is 5.91 Å². The van der Waals surface area contributed by atoms with Crippen LogP contribution in [-0.2, 0) is 0 Å². The Morgan fingerprint density at radius 3 is 2.56 bits per heavy atom. The van der Waals surface area contributed by atoms with Crippen molar-refractivity contribution in [2.24, 2.45) is 5.73 Å². The number of rotatable bonds is 5. The van der Waals surface area contributed by atoms with E-state index in [1.807, 2.05) is 19.0 Å². The average Bonchev–Trinajstić information content (AvgIpc) is 2.27. The van der Waals surface area contributed by atoms with E-state index in [4.69, 9.17) is 5.73 Å². The molecule has 0 aromatic heterocycles. The normalized spacial score (nSPS) is 10.4. The number of carbonyl (C=O) groups excluding carboxylic acids is 2. The zero-order valence-corrected chi connectivity index (χ0v) is 10.4. The van der Waals surface area contributed by atoms with Crippen molar-refractivity contribution in [3.63, 3.8) is 0 Å². The molecule has 1 aromatic rings. The van der Waals surface area contributed by atoms with E-state index in [1.165, 1.54) is 12.1 Å². The molecule has 1 aromatic carbocycles. The largest absolute Gasteiger partial charge is 0.366 e. The van der Waals surface area contributed by atoms with E-state index in [9.17, 15) is 14.0 Å². The molecule has 0 bridgehead atoms. The van der Waals surface area contributed by atoms with E-state index < -0.39 is 17.6 Å². The molecule has 0 saturated carbocycles. The van der Waals surface area contributed by atoms with Crippen molar-refractivity contribution < 1.29 is 14.0 Å². The highest BCUT2D eigenvalue weighted by atomic mass is 19.1. The quantitative estimate of drug-likeness (QED) is 0.788. The number of benzene rings is 1. The molecule has 0 radical (unpaired) electrons. The second-order valence-electron chi connectivity index (χ2n) is 4.12. The predicted octanol–water partition coefficient (Wildman–Crippen LogP) is 0.216. The molecular formula is C12H16FN3O2. The molecule has 0 fully saturated rings. The lowest BCUT2D eigenvalue weighted by Crippen LogP contribution is -2.31. The number of amides is 2. The monoisotopic (exact) mass is 253 g/mol. The van der Waals surface area contributed by atoms with Gasteiger partial charge in [-0.2, -0.15) is 0 Å². The smallest absolute Gasteiger partial charge is 0.254 e. The van der Waals surface area contributed by atoms with Crippen LogP contribution >= 0.6 is 0 Å². The van der Waals surface area contributed by atoms with Gasteiger partial charge in [-0.3, -0.25) is 9.59 Å². The van der Waals surface area contributed by atoms with Crippen LogP contribution in [-0.4, -0.2) is 43.9 Å². The molecule has 5 nitrogen and oxygen atoms in total. The molecule has 1 rings (SSSR count). The Labute approximate surface area is 105 Å². The topological polar surface area (TPSA) is 75.4 Å². The standard InChI is InChI=1S/C12H16FN3O2/c1-16(2)6-5-15-12(18)9-4-3-8(11(14)17)7-10(9)13/h3-4,7H,5-6H2,1-2H3,(H2,14,17)(H,15,18). The van der Waals surface area contributed by atoms with Gasteiger partial charge in [-0.15, -0.1) is 0 Å². The van der Waals surface area contributed by atoms with Gasteiger partial charge in [0.25, 0.3) is 5.91 Å². The van der Waals surface area contributed by atoms with Crippen LogP contribution in [0.3, 0.4) is 0 Å². The minimum absolute atomic E-state index is 0.0392. The lowest BCUT2D eigenvalue weighted by Gasteiger charge is -2.10. The van der Waals surface area contributed by atoms with E-state index in [0.717, 1.165) is 6.07 Å². The van der Waals surface area contributed by atoms with Crippen molar-refractivity contribution >= 4 is 11.8 Å². The fourth-order valence-electron chi connectivity index (χ4n) is 1.34. The molecule has 6 heteroatoms. The van der Waals surface area contributed by atoms with Gasteiger partial charge in [-0.05, 0) is 32.3 Å². The van der Waals surface area contributed by atoms with E-state index >= 15 is 0 Å². The summed E-state index contributed by atoms with van der Waals surface area (Å²) in [5.74, 6) is -1.99. The van der Waals surface area contributed by atoms with Gasteiger partial charge in [0.05, 0.1) is 5.56 Å². The van der Waals surface area contributed by atoms with Crippen LogP contribution in [0.5, 0.6) is 0 Å². The van der Waals surface area contributed by atoms with Gasteiger partial charge in [0.1, 0.15) is 5.82 Å². The van der Waals surface area contributed by atoms with Crippen molar-refractivity contribution in [3.8, 4) is 0 Å². The number of primary amides is 1. The molecule has 18 heavy (non-hydrogen) atoms. The summed E-state index contributed by atoms with van der Waals surface area (Å²) in [6.45, 7) is 1.08. The van der Waals surface area contributed by atoms with Gasteiger partial charge >= 0.3 is 0 Å².